The van der Waals surface area contributed by atoms with Crippen molar-refractivity contribution in [3.05, 3.63) is 37.2 Å². The van der Waals surface area contributed by atoms with Crippen molar-refractivity contribution in [1.82, 2.24) is 4.98 Å². The lowest BCUT2D eigenvalue weighted by Crippen LogP contribution is -2.23. The standard InChI is InChI=1S/C9H10N2O/c1-3-9(12)11(2)8-4-6-10-7-5-8/h3-7H,1H2,2H3. The van der Waals surface area contributed by atoms with Crippen LogP contribution < -0.4 is 4.90 Å². The van der Waals surface area contributed by atoms with Crippen LogP contribution in [0.5, 0.6) is 0 Å². The van der Waals surface area contributed by atoms with Crippen molar-refractivity contribution < 1.29 is 4.79 Å². The van der Waals surface area contributed by atoms with E-state index in [1.165, 1.54) is 11.0 Å². The number of amides is 1. The van der Waals surface area contributed by atoms with Crippen LogP contribution in [0, 0.1) is 0 Å². The molecule has 0 unspecified atom stereocenters. The Morgan fingerprint density at radius 2 is 2.17 bits per heavy atom. The Kier molecular flexibility index (Phi) is 2.58. The molecular formula is C9H10N2O. The molecule has 1 aromatic heterocycles. The molecule has 1 amide bonds. The van der Waals surface area contributed by atoms with Crippen molar-refractivity contribution in [3.63, 3.8) is 0 Å². The third-order valence-corrected chi connectivity index (χ3v) is 1.56. The molecule has 1 rings (SSSR count). The second-order valence-electron chi connectivity index (χ2n) is 2.31. The normalized spacial score (nSPS) is 9.08. The van der Waals surface area contributed by atoms with Gasteiger partial charge in [0.1, 0.15) is 0 Å². The summed E-state index contributed by atoms with van der Waals surface area (Å²) in [7, 11) is 1.69. The van der Waals surface area contributed by atoms with Crippen LogP contribution in [0.25, 0.3) is 0 Å². The summed E-state index contributed by atoms with van der Waals surface area (Å²) in [4.78, 5) is 16.5. The first kappa shape index (κ1) is 8.46. The highest BCUT2D eigenvalue weighted by Gasteiger charge is 2.04. The molecule has 0 saturated carbocycles. The van der Waals surface area contributed by atoms with Crippen LogP contribution in [0.1, 0.15) is 0 Å². The number of rotatable bonds is 2. The minimum absolute atomic E-state index is 0.124. The molecule has 3 heteroatoms. The molecule has 0 aliphatic carbocycles. The first-order valence-electron chi connectivity index (χ1n) is 3.56. The van der Waals surface area contributed by atoms with Crippen LogP contribution in [-0.2, 0) is 4.79 Å². The van der Waals surface area contributed by atoms with Gasteiger partial charge < -0.3 is 4.90 Å². The fourth-order valence-corrected chi connectivity index (χ4v) is 0.832. The van der Waals surface area contributed by atoms with Gasteiger partial charge >= 0.3 is 0 Å². The lowest BCUT2D eigenvalue weighted by molar-refractivity contribution is -0.113. The molecule has 3 nitrogen and oxygen atoms in total. The molecule has 1 heterocycles. The maximum Gasteiger partial charge on any atom is 0.250 e. The molecule has 0 saturated heterocycles. The Balaban J connectivity index is 2.85. The number of hydrogen-bond donors (Lipinski definition) is 0. The van der Waals surface area contributed by atoms with Gasteiger partial charge in [0.2, 0.25) is 5.91 Å². The number of likely N-dealkylation sites (N-methyl/N-ethyl adjacent to an activating group) is 1. The number of anilines is 1. The number of nitrogens with zero attached hydrogens (tertiary/aromatic N) is 2. The zero-order valence-corrected chi connectivity index (χ0v) is 6.90. The number of hydrogen-bond acceptors (Lipinski definition) is 2. The Hall–Kier alpha value is -1.64. The second kappa shape index (κ2) is 3.67. The predicted molar refractivity (Wildman–Crippen MR) is 47.8 cm³/mol. The molecule has 0 bridgehead atoms. The predicted octanol–water partition coefficient (Wildman–Crippen LogP) is 1.23. The van der Waals surface area contributed by atoms with Crippen molar-refractivity contribution in [2.75, 3.05) is 11.9 Å². The molecule has 0 aliphatic rings. The highest BCUT2D eigenvalue weighted by molar-refractivity contribution is 6.00. The summed E-state index contributed by atoms with van der Waals surface area (Å²) >= 11 is 0. The Bertz CT molecular complexity index is 282. The Morgan fingerprint density at radius 1 is 1.58 bits per heavy atom. The van der Waals surface area contributed by atoms with Crippen LogP contribution in [-0.4, -0.2) is 17.9 Å². The first-order chi connectivity index (χ1) is 5.75. The van der Waals surface area contributed by atoms with Crippen LogP contribution >= 0.6 is 0 Å². The Morgan fingerprint density at radius 3 is 2.67 bits per heavy atom. The minimum Gasteiger partial charge on any atom is -0.312 e. The summed E-state index contributed by atoms with van der Waals surface area (Å²) in [5.74, 6) is -0.124. The number of carbonyl (C=O) groups is 1. The summed E-state index contributed by atoms with van der Waals surface area (Å²) in [5, 5.41) is 0. The monoisotopic (exact) mass is 162 g/mol. The average molecular weight is 162 g/mol. The van der Waals surface area contributed by atoms with Gasteiger partial charge in [-0.15, -0.1) is 0 Å². The average Bonchev–Trinajstić information content (AvgIpc) is 2.17. The Labute approximate surface area is 71.3 Å². The van der Waals surface area contributed by atoms with Crippen molar-refractivity contribution >= 4 is 11.6 Å². The van der Waals surface area contributed by atoms with E-state index in [1.54, 1.807) is 31.6 Å². The largest absolute Gasteiger partial charge is 0.312 e. The lowest BCUT2D eigenvalue weighted by Gasteiger charge is -2.13. The molecule has 0 spiro atoms. The van der Waals surface area contributed by atoms with E-state index in [0.717, 1.165) is 5.69 Å². The number of pyridine rings is 1. The zero-order valence-electron chi connectivity index (χ0n) is 6.90. The third kappa shape index (κ3) is 1.69. The van der Waals surface area contributed by atoms with Gasteiger partial charge in [0.15, 0.2) is 0 Å². The summed E-state index contributed by atoms with van der Waals surface area (Å²) in [6.07, 6.45) is 4.56. The molecule has 0 atom stereocenters. The van der Waals surface area contributed by atoms with E-state index in [4.69, 9.17) is 0 Å². The fraction of sp³-hybridized carbons (Fsp3) is 0.111. The first-order valence-corrected chi connectivity index (χ1v) is 3.56. The van der Waals surface area contributed by atoms with E-state index < -0.39 is 0 Å². The molecule has 0 N–H and O–H groups in total. The summed E-state index contributed by atoms with van der Waals surface area (Å²) in [5.41, 5.74) is 0.815. The van der Waals surface area contributed by atoms with E-state index in [1.807, 2.05) is 0 Å². The van der Waals surface area contributed by atoms with E-state index in [0.29, 0.717) is 0 Å². The summed E-state index contributed by atoms with van der Waals surface area (Å²) in [6.45, 7) is 3.40. The lowest BCUT2D eigenvalue weighted by atomic mass is 10.3. The van der Waals surface area contributed by atoms with Crippen molar-refractivity contribution in [1.29, 1.82) is 0 Å². The van der Waals surface area contributed by atoms with E-state index in [2.05, 4.69) is 11.6 Å². The van der Waals surface area contributed by atoms with Gasteiger partial charge in [0, 0.05) is 25.1 Å². The SMILES string of the molecule is C=CC(=O)N(C)c1ccncc1. The fourth-order valence-electron chi connectivity index (χ4n) is 0.832. The molecular weight excluding hydrogens is 152 g/mol. The molecule has 1 aromatic rings. The summed E-state index contributed by atoms with van der Waals surface area (Å²) < 4.78 is 0. The van der Waals surface area contributed by atoms with Crippen molar-refractivity contribution in [2.24, 2.45) is 0 Å². The van der Waals surface area contributed by atoms with Crippen LogP contribution in [0.15, 0.2) is 37.2 Å². The van der Waals surface area contributed by atoms with Crippen LogP contribution in [0.4, 0.5) is 5.69 Å². The topological polar surface area (TPSA) is 33.2 Å². The smallest absolute Gasteiger partial charge is 0.250 e. The van der Waals surface area contributed by atoms with Crippen molar-refractivity contribution in [2.45, 2.75) is 0 Å². The van der Waals surface area contributed by atoms with Gasteiger partial charge in [-0.3, -0.25) is 9.78 Å². The number of aromatic nitrogens is 1. The maximum absolute atomic E-state index is 11.1. The molecule has 12 heavy (non-hydrogen) atoms. The molecule has 0 aliphatic heterocycles. The van der Waals surface area contributed by atoms with Gasteiger partial charge in [-0.2, -0.15) is 0 Å². The minimum atomic E-state index is -0.124. The van der Waals surface area contributed by atoms with E-state index in [9.17, 15) is 4.79 Å². The van der Waals surface area contributed by atoms with E-state index >= 15 is 0 Å². The quantitative estimate of drug-likeness (QED) is 0.613. The van der Waals surface area contributed by atoms with Gasteiger partial charge in [0.05, 0.1) is 0 Å². The van der Waals surface area contributed by atoms with Gasteiger partial charge in [-0.25, -0.2) is 0 Å². The van der Waals surface area contributed by atoms with E-state index in [-0.39, 0.29) is 5.91 Å². The molecule has 0 radical (unpaired) electrons. The second-order valence-corrected chi connectivity index (χ2v) is 2.31. The van der Waals surface area contributed by atoms with Gasteiger partial charge in [0.25, 0.3) is 0 Å². The maximum atomic E-state index is 11.1. The highest BCUT2D eigenvalue weighted by Crippen LogP contribution is 2.09. The van der Waals surface area contributed by atoms with Crippen LogP contribution in [0.2, 0.25) is 0 Å². The van der Waals surface area contributed by atoms with Crippen molar-refractivity contribution in [3.8, 4) is 0 Å². The third-order valence-electron chi connectivity index (χ3n) is 1.56. The zero-order chi connectivity index (χ0) is 8.97. The van der Waals surface area contributed by atoms with Gasteiger partial charge in [-0.05, 0) is 18.2 Å². The highest BCUT2D eigenvalue weighted by atomic mass is 16.2. The molecule has 0 aromatic carbocycles. The van der Waals surface area contributed by atoms with Crippen LogP contribution in [0.3, 0.4) is 0 Å². The molecule has 0 fully saturated rings. The summed E-state index contributed by atoms with van der Waals surface area (Å²) in [6, 6.07) is 3.53. The van der Waals surface area contributed by atoms with Gasteiger partial charge in [-0.1, -0.05) is 6.58 Å². The number of carbonyl (C=O) groups excluding carboxylic acids is 1. The molecule has 62 valence electrons.